The Hall–Kier alpha value is -3.79. The van der Waals surface area contributed by atoms with Crippen LogP contribution in [0.15, 0.2) is 42.7 Å². The second kappa shape index (κ2) is 8.48. The first-order valence-electron chi connectivity index (χ1n) is 9.22. The summed E-state index contributed by atoms with van der Waals surface area (Å²) in [5.74, 6) is 7.41. The van der Waals surface area contributed by atoms with Gasteiger partial charge >= 0.3 is 0 Å². The topological polar surface area (TPSA) is 114 Å². The van der Waals surface area contributed by atoms with Gasteiger partial charge in [-0.3, -0.25) is 0 Å². The molecule has 0 saturated carbocycles. The zero-order valence-electron chi connectivity index (χ0n) is 16.6. The van der Waals surface area contributed by atoms with E-state index in [0.717, 1.165) is 32.9 Å². The quantitative estimate of drug-likeness (QED) is 0.403. The van der Waals surface area contributed by atoms with Gasteiger partial charge < -0.3 is 21.4 Å². The van der Waals surface area contributed by atoms with Gasteiger partial charge in [0.25, 0.3) is 0 Å². The first-order valence-corrected chi connectivity index (χ1v) is 9.22. The van der Waals surface area contributed by atoms with E-state index in [-0.39, 0.29) is 17.7 Å². The fraction of sp³-hybridized carbons (Fsp3) is 0.227. The van der Waals surface area contributed by atoms with Crippen molar-refractivity contribution < 1.29 is 9.47 Å². The fourth-order valence-corrected chi connectivity index (χ4v) is 2.96. The summed E-state index contributed by atoms with van der Waals surface area (Å²) in [6.07, 6.45) is 3.59. The lowest BCUT2D eigenvalue weighted by Gasteiger charge is -2.11. The molecule has 7 nitrogen and oxygen atoms in total. The van der Waals surface area contributed by atoms with Crippen molar-refractivity contribution in [1.82, 2.24) is 9.97 Å². The lowest BCUT2D eigenvalue weighted by atomic mass is 9.96. The third kappa shape index (κ3) is 4.55. The molecule has 2 heterocycles. The number of nitrogens with two attached hydrogens (primary N) is 2. The highest BCUT2D eigenvalue weighted by Gasteiger charge is 2.11. The summed E-state index contributed by atoms with van der Waals surface area (Å²) in [6, 6.07) is 9.44. The highest BCUT2D eigenvalue weighted by molar-refractivity contribution is 5.66. The minimum atomic E-state index is -0.0985. The van der Waals surface area contributed by atoms with E-state index in [1.165, 1.54) is 12.4 Å². The zero-order valence-corrected chi connectivity index (χ0v) is 16.6. The Balaban J connectivity index is 1.99. The van der Waals surface area contributed by atoms with Crippen molar-refractivity contribution in [2.75, 3.05) is 18.6 Å². The van der Waals surface area contributed by atoms with Gasteiger partial charge in [0.2, 0.25) is 5.95 Å². The van der Waals surface area contributed by atoms with Crippen molar-refractivity contribution in [2.45, 2.75) is 26.2 Å². The Labute approximate surface area is 170 Å². The predicted molar refractivity (Wildman–Crippen MR) is 113 cm³/mol. The first-order chi connectivity index (χ1) is 13.9. The minimum Gasteiger partial charge on any atom is -0.619 e. The molecule has 3 rings (SSSR count). The molecule has 0 bridgehead atoms. The van der Waals surface area contributed by atoms with Crippen LogP contribution in [0.4, 0.5) is 11.8 Å². The zero-order chi connectivity index (χ0) is 21.0. The Morgan fingerprint density at radius 3 is 2.52 bits per heavy atom. The van der Waals surface area contributed by atoms with Crippen LogP contribution >= 0.6 is 0 Å². The van der Waals surface area contributed by atoms with Crippen LogP contribution in [0, 0.1) is 17.0 Å². The molecule has 0 amide bonds. The van der Waals surface area contributed by atoms with Gasteiger partial charge in [0.15, 0.2) is 12.4 Å². The van der Waals surface area contributed by atoms with E-state index in [1.807, 2.05) is 32.0 Å². The lowest BCUT2D eigenvalue weighted by Crippen LogP contribution is -2.23. The number of ether oxygens (including phenoxy) is 1. The molecule has 29 heavy (non-hydrogen) atoms. The average Bonchev–Trinajstić information content (AvgIpc) is 2.72. The lowest BCUT2D eigenvalue weighted by molar-refractivity contribution is -0.605. The van der Waals surface area contributed by atoms with Crippen LogP contribution in [0.5, 0.6) is 5.75 Å². The van der Waals surface area contributed by atoms with Gasteiger partial charge in [0, 0.05) is 18.1 Å². The van der Waals surface area contributed by atoms with E-state index in [0.29, 0.717) is 12.0 Å². The average molecular weight is 389 g/mol. The SMILES string of the molecule is CCc1nc(N)nc(N)c1C#CC(C)c1cc(OC)cc(-c2cc[n+]([O-])cc2)c1. The molecular formula is C22H23N5O2. The summed E-state index contributed by atoms with van der Waals surface area (Å²) in [6.45, 7) is 3.97. The van der Waals surface area contributed by atoms with Crippen LogP contribution in [0.2, 0.25) is 0 Å². The van der Waals surface area contributed by atoms with E-state index in [1.54, 1.807) is 19.2 Å². The van der Waals surface area contributed by atoms with Gasteiger partial charge in [0.1, 0.15) is 11.6 Å². The summed E-state index contributed by atoms with van der Waals surface area (Å²) >= 11 is 0. The number of aryl methyl sites for hydroxylation is 1. The number of pyridine rings is 1. The van der Waals surface area contributed by atoms with Gasteiger partial charge in [-0.25, -0.2) is 4.98 Å². The molecule has 7 heteroatoms. The second-order valence-electron chi connectivity index (χ2n) is 6.57. The van der Waals surface area contributed by atoms with Crippen LogP contribution in [-0.4, -0.2) is 17.1 Å². The number of hydrogen-bond donors (Lipinski definition) is 2. The maximum absolute atomic E-state index is 11.3. The summed E-state index contributed by atoms with van der Waals surface area (Å²) in [5, 5.41) is 11.3. The molecule has 0 saturated heterocycles. The smallest absolute Gasteiger partial charge is 0.222 e. The molecule has 0 aliphatic carbocycles. The number of nitrogens with zero attached hydrogens (tertiary/aromatic N) is 3. The van der Waals surface area contributed by atoms with Gasteiger partial charge in [-0.15, -0.1) is 0 Å². The third-order valence-electron chi connectivity index (χ3n) is 4.58. The van der Waals surface area contributed by atoms with Crippen molar-refractivity contribution in [1.29, 1.82) is 0 Å². The number of rotatable bonds is 4. The monoisotopic (exact) mass is 389 g/mol. The van der Waals surface area contributed by atoms with E-state index in [4.69, 9.17) is 16.2 Å². The Bertz CT molecular complexity index is 1080. The highest BCUT2D eigenvalue weighted by atomic mass is 16.5. The molecule has 0 aliphatic heterocycles. The molecule has 4 N–H and O–H groups in total. The van der Waals surface area contributed by atoms with Gasteiger partial charge in [0.05, 0.1) is 18.4 Å². The number of methoxy groups -OCH3 is 1. The maximum Gasteiger partial charge on any atom is 0.222 e. The first kappa shape index (κ1) is 20.0. The van der Waals surface area contributed by atoms with Crippen LogP contribution in [0.25, 0.3) is 11.1 Å². The van der Waals surface area contributed by atoms with E-state index in [9.17, 15) is 5.21 Å². The molecule has 0 aliphatic rings. The molecule has 0 fully saturated rings. The third-order valence-corrected chi connectivity index (χ3v) is 4.58. The molecule has 1 unspecified atom stereocenters. The highest BCUT2D eigenvalue weighted by Crippen LogP contribution is 2.29. The second-order valence-corrected chi connectivity index (χ2v) is 6.57. The van der Waals surface area contributed by atoms with E-state index in [2.05, 4.69) is 21.8 Å². The van der Waals surface area contributed by atoms with Gasteiger partial charge in [-0.1, -0.05) is 18.8 Å². The summed E-state index contributed by atoms with van der Waals surface area (Å²) in [7, 11) is 1.62. The maximum atomic E-state index is 11.3. The number of anilines is 2. The number of benzene rings is 1. The van der Waals surface area contributed by atoms with E-state index < -0.39 is 0 Å². The van der Waals surface area contributed by atoms with Crippen LogP contribution in [0.3, 0.4) is 0 Å². The number of nitrogen functional groups attached to an aromatic ring is 2. The molecule has 2 aromatic heterocycles. The summed E-state index contributed by atoms with van der Waals surface area (Å²) < 4.78 is 6.21. The van der Waals surface area contributed by atoms with E-state index >= 15 is 0 Å². The van der Waals surface area contributed by atoms with Crippen LogP contribution in [-0.2, 0) is 6.42 Å². The van der Waals surface area contributed by atoms with Crippen molar-refractivity contribution in [3.63, 3.8) is 0 Å². The Kier molecular flexibility index (Phi) is 5.84. The van der Waals surface area contributed by atoms with Crippen molar-refractivity contribution in [3.8, 4) is 28.7 Å². The molecular weight excluding hydrogens is 366 g/mol. The van der Waals surface area contributed by atoms with Crippen molar-refractivity contribution in [3.05, 3.63) is 64.8 Å². The molecule has 1 aromatic carbocycles. The van der Waals surface area contributed by atoms with Crippen LogP contribution in [0.1, 0.15) is 36.6 Å². The standard InChI is InChI=1S/C22H23N5O2/c1-4-20-19(21(23)26-22(24)25-20)6-5-14(2)16-11-17(13-18(12-16)29-3)15-7-9-27(28)10-8-15/h7-14H,4H2,1-3H3,(H4,23,24,25,26). The van der Waals surface area contributed by atoms with Crippen molar-refractivity contribution >= 4 is 11.8 Å². The molecule has 0 radical (unpaired) electrons. The summed E-state index contributed by atoms with van der Waals surface area (Å²) in [4.78, 5) is 8.24. The van der Waals surface area contributed by atoms with Gasteiger partial charge in [-0.05, 0) is 48.2 Å². The molecule has 148 valence electrons. The minimum absolute atomic E-state index is 0.0985. The Morgan fingerprint density at radius 1 is 1.14 bits per heavy atom. The van der Waals surface area contributed by atoms with Gasteiger partial charge in [-0.2, -0.15) is 9.71 Å². The molecule has 1 atom stereocenters. The summed E-state index contributed by atoms with van der Waals surface area (Å²) in [5.41, 5.74) is 15.9. The fourth-order valence-electron chi connectivity index (χ4n) is 2.96. The normalized spacial score (nSPS) is 11.4. The Morgan fingerprint density at radius 2 is 1.86 bits per heavy atom. The largest absolute Gasteiger partial charge is 0.619 e. The molecule has 0 spiro atoms. The predicted octanol–water partition coefficient (Wildman–Crippen LogP) is 2.67. The van der Waals surface area contributed by atoms with Crippen molar-refractivity contribution in [2.24, 2.45) is 0 Å². The number of hydrogen-bond acceptors (Lipinski definition) is 6. The molecule has 3 aromatic rings. The number of aromatic nitrogens is 3. The van der Waals surface area contributed by atoms with Crippen LogP contribution < -0.4 is 20.9 Å².